The molecule has 1 amide bonds. The Labute approximate surface area is 156 Å². The third-order valence-electron chi connectivity index (χ3n) is 6.14. The minimum atomic E-state index is -0.154. The molecule has 0 bridgehead atoms. The highest BCUT2D eigenvalue weighted by Crippen LogP contribution is 2.59. The number of rotatable bonds is 3. The normalized spacial score (nSPS) is 22.3. The Kier molecular flexibility index (Phi) is 4.36. The van der Waals surface area contributed by atoms with Crippen LogP contribution >= 0.6 is 0 Å². The van der Waals surface area contributed by atoms with Crippen LogP contribution in [-0.2, 0) is 10.2 Å². The summed E-state index contributed by atoms with van der Waals surface area (Å²) in [6.45, 7) is 7.91. The number of nitrogens with zero attached hydrogens (tertiary/aromatic N) is 2. The monoisotopic (exact) mass is 348 g/mol. The van der Waals surface area contributed by atoms with Crippen LogP contribution in [0, 0.1) is 19.8 Å². The van der Waals surface area contributed by atoms with Crippen molar-refractivity contribution in [2.45, 2.75) is 25.7 Å². The largest absolute Gasteiger partial charge is 0.340 e. The SMILES string of the molecule is Cc1cccc(C2(c3cccc(C)c3)C[C@@H]2C(=O)N2CCN(C)CC2)c1. The fourth-order valence-corrected chi connectivity index (χ4v) is 4.46. The highest BCUT2D eigenvalue weighted by atomic mass is 16.2. The van der Waals surface area contributed by atoms with Crippen molar-refractivity contribution < 1.29 is 4.79 Å². The maximum atomic E-state index is 13.3. The Balaban J connectivity index is 1.69. The lowest BCUT2D eigenvalue weighted by atomic mass is 9.84. The molecule has 0 aromatic heterocycles. The van der Waals surface area contributed by atoms with E-state index in [2.05, 4.69) is 79.2 Å². The number of likely N-dealkylation sites (N-methyl/N-ethyl adjacent to an activating group) is 1. The number of amides is 1. The molecule has 2 fully saturated rings. The lowest BCUT2D eigenvalue weighted by Gasteiger charge is -2.33. The molecule has 1 aliphatic carbocycles. The van der Waals surface area contributed by atoms with Crippen molar-refractivity contribution >= 4 is 5.91 Å². The molecule has 1 atom stereocenters. The molecule has 0 radical (unpaired) electrons. The summed E-state index contributed by atoms with van der Waals surface area (Å²) < 4.78 is 0. The third kappa shape index (κ3) is 2.95. The highest BCUT2D eigenvalue weighted by molar-refractivity contribution is 5.86. The summed E-state index contributed by atoms with van der Waals surface area (Å²) in [5.74, 6) is 0.399. The zero-order valence-electron chi connectivity index (χ0n) is 16.0. The predicted molar refractivity (Wildman–Crippen MR) is 105 cm³/mol. The first-order valence-electron chi connectivity index (χ1n) is 9.62. The first kappa shape index (κ1) is 17.3. The number of carbonyl (C=O) groups is 1. The highest BCUT2D eigenvalue weighted by Gasteiger charge is 2.61. The van der Waals surface area contributed by atoms with Crippen LogP contribution in [0.4, 0.5) is 0 Å². The van der Waals surface area contributed by atoms with Gasteiger partial charge in [-0.1, -0.05) is 59.7 Å². The molecule has 2 aromatic rings. The van der Waals surface area contributed by atoms with E-state index in [1.807, 2.05) is 0 Å². The smallest absolute Gasteiger partial charge is 0.227 e. The molecule has 2 aliphatic rings. The van der Waals surface area contributed by atoms with Gasteiger partial charge in [0.15, 0.2) is 0 Å². The van der Waals surface area contributed by atoms with Gasteiger partial charge in [-0.15, -0.1) is 0 Å². The number of carbonyl (C=O) groups excluding carboxylic acids is 1. The second kappa shape index (κ2) is 6.55. The Morgan fingerprint density at radius 1 is 0.923 bits per heavy atom. The summed E-state index contributed by atoms with van der Waals surface area (Å²) in [5, 5.41) is 0. The van der Waals surface area contributed by atoms with Crippen molar-refractivity contribution in [3.8, 4) is 0 Å². The topological polar surface area (TPSA) is 23.6 Å². The van der Waals surface area contributed by atoms with Gasteiger partial charge in [0.05, 0.1) is 5.92 Å². The Morgan fingerprint density at radius 2 is 1.46 bits per heavy atom. The second-order valence-electron chi connectivity index (χ2n) is 8.10. The van der Waals surface area contributed by atoms with E-state index in [4.69, 9.17) is 0 Å². The van der Waals surface area contributed by atoms with E-state index in [-0.39, 0.29) is 11.3 Å². The van der Waals surface area contributed by atoms with Crippen molar-refractivity contribution in [1.82, 2.24) is 9.80 Å². The molecule has 0 spiro atoms. The van der Waals surface area contributed by atoms with Crippen molar-refractivity contribution in [3.63, 3.8) is 0 Å². The van der Waals surface area contributed by atoms with Crippen LogP contribution in [0.25, 0.3) is 0 Å². The van der Waals surface area contributed by atoms with Gasteiger partial charge in [0, 0.05) is 31.6 Å². The van der Waals surface area contributed by atoms with Crippen molar-refractivity contribution in [2.75, 3.05) is 33.2 Å². The van der Waals surface area contributed by atoms with Crippen molar-refractivity contribution in [3.05, 3.63) is 70.8 Å². The van der Waals surface area contributed by atoms with Crippen LogP contribution in [0.1, 0.15) is 28.7 Å². The van der Waals surface area contributed by atoms with Gasteiger partial charge in [0.1, 0.15) is 0 Å². The summed E-state index contributed by atoms with van der Waals surface area (Å²) in [6.07, 6.45) is 0.922. The van der Waals surface area contributed by atoms with E-state index in [1.54, 1.807) is 0 Å². The maximum absolute atomic E-state index is 13.3. The Hall–Kier alpha value is -2.13. The predicted octanol–water partition coefficient (Wildman–Crippen LogP) is 3.38. The molecule has 2 aromatic carbocycles. The van der Waals surface area contributed by atoms with Crippen LogP contribution in [0.2, 0.25) is 0 Å². The van der Waals surface area contributed by atoms with Crippen LogP contribution in [0.15, 0.2) is 48.5 Å². The Morgan fingerprint density at radius 3 is 1.96 bits per heavy atom. The quantitative estimate of drug-likeness (QED) is 0.849. The van der Waals surface area contributed by atoms with E-state index < -0.39 is 0 Å². The van der Waals surface area contributed by atoms with Gasteiger partial charge in [0.2, 0.25) is 5.91 Å². The average molecular weight is 348 g/mol. The summed E-state index contributed by atoms with van der Waals surface area (Å²) in [5.41, 5.74) is 4.93. The first-order valence-corrected chi connectivity index (χ1v) is 9.62. The van der Waals surface area contributed by atoms with Gasteiger partial charge >= 0.3 is 0 Å². The molecule has 1 heterocycles. The van der Waals surface area contributed by atoms with Gasteiger partial charge in [-0.25, -0.2) is 0 Å². The molecule has 4 rings (SSSR count). The van der Waals surface area contributed by atoms with Gasteiger partial charge in [0.25, 0.3) is 0 Å². The van der Waals surface area contributed by atoms with E-state index in [0.717, 1.165) is 32.6 Å². The number of hydrogen-bond acceptors (Lipinski definition) is 2. The lowest BCUT2D eigenvalue weighted by molar-refractivity contribution is -0.134. The van der Waals surface area contributed by atoms with Crippen LogP contribution in [0.3, 0.4) is 0 Å². The standard InChI is InChI=1S/C23H28N2O/c1-17-6-4-8-19(14-17)23(20-9-5-7-18(2)15-20)16-21(23)22(26)25-12-10-24(3)11-13-25/h4-9,14-15,21H,10-13,16H2,1-3H3/t21-/m1/s1. The van der Waals surface area contributed by atoms with Crippen molar-refractivity contribution in [1.29, 1.82) is 0 Å². The zero-order valence-corrected chi connectivity index (χ0v) is 16.0. The number of piperazine rings is 1. The molecule has 26 heavy (non-hydrogen) atoms. The second-order valence-corrected chi connectivity index (χ2v) is 8.10. The van der Waals surface area contributed by atoms with E-state index in [1.165, 1.54) is 22.3 Å². The molecule has 1 saturated heterocycles. The molecular weight excluding hydrogens is 320 g/mol. The van der Waals surface area contributed by atoms with E-state index in [0.29, 0.717) is 5.91 Å². The fraction of sp³-hybridized carbons (Fsp3) is 0.435. The molecular formula is C23H28N2O. The average Bonchev–Trinajstić information content (AvgIpc) is 3.39. The molecule has 3 heteroatoms. The van der Waals surface area contributed by atoms with Crippen LogP contribution in [0.5, 0.6) is 0 Å². The minimum absolute atomic E-state index is 0.0644. The molecule has 1 saturated carbocycles. The van der Waals surface area contributed by atoms with E-state index >= 15 is 0 Å². The van der Waals surface area contributed by atoms with Gasteiger partial charge in [-0.05, 0) is 38.4 Å². The molecule has 1 aliphatic heterocycles. The van der Waals surface area contributed by atoms with E-state index in [9.17, 15) is 4.79 Å². The summed E-state index contributed by atoms with van der Waals surface area (Å²) in [4.78, 5) is 17.7. The van der Waals surface area contributed by atoms with Crippen LogP contribution in [-0.4, -0.2) is 48.9 Å². The summed E-state index contributed by atoms with van der Waals surface area (Å²) in [6, 6.07) is 17.4. The lowest BCUT2D eigenvalue weighted by Crippen LogP contribution is -2.48. The minimum Gasteiger partial charge on any atom is -0.340 e. The maximum Gasteiger partial charge on any atom is 0.227 e. The number of hydrogen-bond donors (Lipinski definition) is 0. The van der Waals surface area contributed by atoms with Crippen molar-refractivity contribution in [2.24, 2.45) is 5.92 Å². The van der Waals surface area contributed by atoms with Crippen LogP contribution < -0.4 is 0 Å². The third-order valence-corrected chi connectivity index (χ3v) is 6.14. The van der Waals surface area contributed by atoms with Gasteiger partial charge < -0.3 is 9.80 Å². The molecule has 0 N–H and O–H groups in total. The number of aryl methyl sites for hydroxylation is 2. The van der Waals surface area contributed by atoms with Gasteiger partial charge in [-0.2, -0.15) is 0 Å². The summed E-state index contributed by atoms with van der Waals surface area (Å²) >= 11 is 0. The Bertz CT molecular complexity index is 775. The zero-order chi connectivity index (χ0) is 18.3. The molecule has 3 nitrogen and oxygen atoms in total. The van der Waals surface area contributed by atoms with Gasteiger partial charge in [-0.3, -0.25) is 4.79 Å². The molecule has 136 valence electrons. The summed E-state index contributed by atoms with van der Waals surface area (Å²) in [7, 11) is 2.13. The number of benzene rings is 2. The molecule has 0 unspecified atom stereocenters. The fourth-order valence-electron chi connectivity index (χ4n) is 4.46. The first-order chi connectivity index (χ1) is 12.5.